The normalized spacial score (nSPS) is 10.3. The molecule has 3 amide bonds. The molecule has 0 aliphatic carbocycles. The minimum Gasteiger partial charge on any atom is -0.376 e. The summed E-state index contributed by atoms with van der Waals surface area (Å²) in [5.74, 6) is -0.526. The standard InChI is InChI=1S/C17H22N4O2S/c1-20(2)15-7-6-12(16(18)22)11-14(15)19-17(23)21(3)9-8-13-5-4-10-24-13/h4-7,10-11H,8-9H2,1-3H3,(H2,18,22)(H,19,23). The summed E-state index contributed by atoms with van der Waals surface area (Å²) in [5.41, 5.74) is 7.05. The Hall–Kier alpha value is -2.54. The number of hydrogen-bond acceptors (Lipinski definition) is 4. The molecule has 0 bridgehead atoms. The summed E-state index contributed by atoms with van der Waals surface area (Å²) in [6.45, 7) is 0.610. The number of hydrogen-bond donors (Lipinski definition) is 2. The summed E-state index contributed by atoms with van der Waals surface area (Å²) in [6.07, 6.45) is 0.809. The van der Waals surface area contributed by atoms with E-state index < -0.39 is 5.91 Å². The average Bonchev–Trinajstić information content (AvgIpc) is 3.05. The number of rotatable bonds is 6. The predicted octanol–water partition coefficient (Wildman–Crippen LogP) is 2.62. The Morgan fingerprint density at radius 1 is 1.21 bits per heavy atom. The molecule has 7 heteroatoms. The summed E-state index contributed by atoms with van der Waals surface area (Å²) >= 11 is 1.68. The summed E-state index contributed by atoms with van der Waals surface area (Å²) in [5, 5.41) is 4.88. The van der Waals surface area contributed by atoms with Crippen LogP contribution >= 0.6 is 11.3 Å². The van der Waals surface area contributed by atoms with E-state index in [0.717, 1.165) is 12.1 Å². The molecule has 1 aromatic carbocycles. The highest BCUT2D eigenvalue weighted by Crippen LogP contribution is 2.26. The Morgan fingerprint density at radius 2 is 1.96 bits per heavy atom. The first kappa shape index (κ1) is 17.8. The van der Waals surface area contributed by atoms with Crippen LogP contribution in [0.25, 0.3) is 0 Å². The van der Waals surface area contributed by atoms with Crippen molar-refractivity contribution in [2.45, 2.75) is 6.42 Å². The van der Waals surface area contributed by atoms with Crippen molar-refractivity contribution < 1.29 is 9.59 Å². The zero-order valence-electron chi connectivity index (χ0n) is 14.1. The van der Waals surface area contributed by atoms with Gasteiger partial charge in [-0.2, -0.15) is 0 Å². The monoisotopic (exact) mass is 346 g/mol. The first-order chi connectivity index (χ1) is 11.4. The number of nitrogens with two attached hydrogens (primary N) is 1. The Kier molecular flexibility index (Phi) is 5.81. The molecule has 0 spiro atoms. The lowest BCUT2D eigenvalue weighted by Crippen LogP contribution is -2.33. The maximum Gasteiger partial charge on any atom is 0.321 e. The Balaban J connectivity index is 2.08. The van der Waals surface area contributed by atoms with Gasteiger partial charge >= 0.3 is 6.03 Å². The number of carbonyl (C=O) groups excluding carboxylic acids is 2. The zero-order valence-corrected chi connectivity index (χ0v) is 14.9. The van der Waals surface area contributed by atoms with Crippen molar-refractivity contribution in [1.29, 1.82) is 0 Å². The van der Waals surface area contributed by atoms with Crippen LogP contribution in [0.1, 0.15) is 15.2 Å². The van der Waals surface area contributed by atoms with E-state index in [2.05, 4.69) is 11.4 Å². The Morgan fingerprint density at radius 3 is 2.54 bits per heavy atom. The highest BCUT2D eigenvalue weighted by molar-refractivity contribution is 7.09. The van der Waals surface area contributed by atoms with E-state index in [0.29, 0.717) is 17.8 Å². The van der Waals surface area contributed by atoms with Crippen molar-refractivity contribution in [2.24, 2.45) is 5.73 Å². The first-order valence-electron chi connectivity index (χ1n) is 7.54. The lowest BCUT2D eigenvalue weighted by molar-refractivity contribution is 0.100. The molecule has 0 unspecified atom stereocenters. The van der Waals surface area contributed by atoms with Gasteiger partial charge in [-0.05, 0) is 36.1 Å². The number of thiophene rings is 1. The molecule has 1 aromatic heterocycles. The van der Waals surface area contributed by atoms with Gasteiger partial charge in [0.2, 0.25) is 5.91 Å². The van der Waals surface area contributed by atoms with Crippen molar-refractivity contribution in [3.8, 4) is 0 Å². The van der Waals surface area contributed by atoms with E-state index in [1.54, 1.807) is 41.5 Å². The van der Waals surface area contributed by atoms with E-state index in [9.17, 15) is 9.59 Å². The second-order valence-electron chi connectivity index (χ2n) is 5.67. The van der Waals surface area contributed by atoms with Crippen LogP contribution in [0.5, 0.6) is 0 Å². The lowest BCUT2D eigenvalue weighted by Gasteiger charge is -2.22. The summed E-state index contributed by atoms with van der Waals surface area (Å²) < 4.78 is 0. The maximum absolute atomic E-state index is 12.4. The van der Waals surface area contributed by atoms with Gasteiger partial charge in [0, 0.05) is 38.1 Å². The second kappa shape index (κ2) is 7.83. The average molecular weight is 346 g/mol. The van der Waals surface area contributed by atoms with E-state index in [1.807, 2.05) is 30.4 Å². The topological polar surface area (TPSA) is 78.7 Å². The van der Waals surface area contributed by atoms with Crippen LogP contribution < -0.4 is 16.0 Å². The number of urea groups is 1. The summed E-state index contributed by atoms with van der Waals surface area (Å²) in [7, 11) is 5.49. The SMILES string of the molecule is CN(CCc1cccs1)C(=O)Nc1cc(C(N)=O)ccc1N(C)C. The number of likely N-dealkylation sites (N-methyl/N-ethyl adjacent to an activating group) is 1. The molecule has 2 rings (SSSR count). The molecule has 6 nitrogen and oxygen atoms in total. The van der Waals surface area contributed by atoms with E-state index >= 15 is 0 Å². The highest BCUT2D eigenvalue weighted by atomic mass is 32.1. The van der Waals surface area contributed by atoms with Crippen LogP contribution in [0.15, 0.2) is 35.7 Å². The molecule has 0 aliphatic rings. The lowest BCUT2D eigenvalue weighted by atomic mass is 10.1. The fourth-order valence-electron chi connectivity index (χ4n) is 2.22. The molecular formula is C17H22N4O2S. The molecule has 128 valence electrons. The zero-order chi connectivity index (χ0) is 17.7. The highest BCUT2D eigenvalue weighted by Gasteiger charge is 2.14. The molecular weight excluding hydrogens is 324 g/mol. The third-order valence-electron chi connectivity index (χ3n) is 3.62. The molecule has 3 N–H and O–H groups in total. The number of amides is 3. The van der Waals surface area contributed by atoms with Gasteiger partial charge < -0.3 is 20.9 Å². The Bertz CT molecular complexity index is 713. The summed E-state index contributed by atoms with van der Waals surface area (Å²) in [4.78, 5) is 28.5. The van der Waals surface area contributed by atoms with Gasteiger partial charge in [-0.25, -0.2) is 4.79 Å². The number of anilines is 2. The van der Waals surface area contributed by atoms with Gasteiger partial charge in [-0.15, -0.1) is 11.3 Å². The van der Waals surface area contributed by atoms with Gasteiger partial charge in [0.05, 0.1) is 11.4 Å². The molecule has 0 atom stereocenters. The molecule has 24 heavy (non-hydrogen) atoms. The molecule has 0 radical (unpaired) electrons. The number of primary amides is 1. The van der Waals surface area contributed by atoms with Gasteiger partial charge in [0.1, 0.15) is 0 Å². The van der Waals surface area contributed by atoms with Gasteiger partial charge in [0.15, 0.2) is 0 Å². The molecule has 1 heterocycles. The first-order valence-corrected chi connectivity index (χ1v) is 8.42. The minimum absolute atomic E-state index is 0.226. The van der Waals surface area contributed by atoms with Crippen LogP contribution in [-0.2, 0) is 6.42 Å². The van der Waals surface area contributed by atoms with Crippen LogP contribution in [0.2, 0.25) is 0 Å². The van der Waals surface area contributed by atoms with E-state index in [1.165, 1.54) is 4.88 Å². The van der Waals surface area contributed by atoms with Crippen LogP contribution in [-0.4, -0.2) is 44.5 Å². The van der Waals surface area contributed by atoms with Crippen molar-refractivity contribution in [2.75, 3.05) is 37.9 Å². The van der Waals surface area contributed by atoms with Crippen LogP contribution in [0.3, 0.4) is 0 Å². The fourth-order valence-corrected chi connectivity index (χ4v) is 2.92. The minimum atomic E-state index is -0.526. The van der Waals surface area contributed by atoms with Crippen LogP contribution in [0, 0.1) is 0 Å². The number of nitrogens with zero attached hydrogens (tertiary/aromatic N) is 2. The van der Waals surface area contributed by atoms with Crippen LogP contribution in [0.4, 0.5) is 16.2 Å². The summed E-state index contributed by atoms with van der Waals surface area (Å²) in [6, 6.07) is 8.84. The van der Waals surface area contributed by atoms with Crippen molar-refractivity contribution in [3.05, 3.63) is 46.2 Å². The van der Waals surface area contributed by atoms with E-state index in [-0.39, 0.29) is 6.03 Å². The van der Waals surface area contributed by atoms with Crippen molar-refractivity contribution in [3.63, 3.8) is 0 Å². The Labute approximate surface area is 145 Å². The van der Waals surface area contributed by atoms with Gasteiger partial charge in [0.25, 0.3) is 0 Å². The van der Waals surface area contributed by atoms with Gasteiger partial charge in [-0.1, -0.05) is 6.07 Å². The van der Waals surface area contributed by atoms with Crippen molar-refractivity contribution in [1.82, 2.24) is 4.90 Å². The molecule has 2 aromatic rings. The number of carbonyl (C=O) groups is 2. The predicted molar refractivity (Wildman–Crippen MR) is 99.0 cm³/mol. The largest absolute Gasteiger partial charge is 0.376 e. The van der Waals surface area contributed by atoms with Crippen molar-refractivity contribution >= 4 is 34.6 Å². The third-order valence-corrected chi connectivity index (χ3v) is 4.56. The molecule has 0 aliphatic heterocycles. The third kappa shape index (κ3) is 4.48. The quantitative estimate of drug-likeness (QED) is 0.844. The molecule has 0 saturated heterocycles. The van der Waals surface area contributed by atoms with E-state index in [4.69, 9.17) is 5.73 Å². The second-order valence-corrected chi connectivity index (χ2v) is 6.70. The number of benzene rings is 1. The fraction of sp³-hybridized carbons (Fsp3) is 0.294. The molecule has 0 fully saturated rings. The molecule has 0 saturated carbocycles. The smallest absolute Gasteiger partial charge is 0.321 e. The van der Waals surface area contributed by atoms with Gasteiger partial charge in [-0.3, -0.25) is 4.79 Å². The number of nitrogens with one attached hydrogen (secondary N) is 1. The maximum atomic E-state index is 12.4.